The molecule has 0 aromatic heterocycles. The van der Waals surface area contributed by atoms with Gasteiger partial charge in [0.05, 0.1) is 11.5 Å². The van der Waals surface area contributed by atoms with Gasteiger partial charge in [-0.05, 0) is 26.0 Å². The first-order valence-electron chi connectivity index (χ1n) is 5.67. The van der Waals surface area contributed by atoms with Crippen LogP contribution in [0.25, 0.3) is 0 Å². The highest BCUT2D eigenvalue weighted by atomic mass is 16.6. The lowest BCUT2D eigenvalue weighted by molar-refractivity contribution is -0.384. The number of amides is 1. The highest BCUT2D eigenvalue weighted by Crippen LogP contribution is 2.11. The Hall–Kier alpha value is -2.44. The Labute approximate surface area is 109 Å². The quantitative estimate of drug-likeness (QED) is 0.491. The molecule has 0 bridgehead atoms. The van der Waals surface area contributed by atoms with Crippen molar-refractivity contribution in [3.05, 3.63) is 39.9 Å². The zero-order valence-electron chi connectivity index (χ0n) is 10.6. The molecule has 0 unspecified atom stereocenters. The number of esters is 1. The first kappa shape index (κ1) is 14.6. The van der Waals surface area contributed by atoms with E-state index in [1.165, 1.54) is 31.2 Å². The Morgan fingerprint density at radius 1 is 1.37 bits per heavy atom. The molecule has 0 aliphatic carbocycles. The predicted molar refractivity (Wildman–Crippen MR) is 66.7 cm³/mol. The van der Waals surface area contributed by atoms with Gasteiger partial charge in [-0.1, -0.05) is 0 Å². The van der Waals surface area contributed by atoms with Crippen molar-refractivity contribution >= 4 is 17.6 Å². The highest BCUT2D eigenvalue weighted by molar-refractivity contribution is 5.96. The number of benzene rings is 1. The summed E-state index contributed by atoms with van der Waals surface area (Å²) in [6, 6.07) is 4.33. The topological polar surface area (TPSA) is 98.5 Å². The van der Waals surface area contributed by atoms with Crippen molar-refractivity contribution in [2.75, 3.05) is 6.61 Å². The summed E-state index contributed by atoms with van der Waals surface area (Å²) < 4.78 is 4.75. The summed E-state index contributed by atoms with van der Waals surface area (Å²) in [7, 11) is 0. The molecule has 0 heterocycles. The van der Waals surface area contributed by atoms with Crippen LogP contribution in [0.4, 0.5) is 5.69 Å². The van der Waals surface area contributed by atoms with Crippen LogP contribution in [0.5, 0.6) is 0 Å². The van der Waals surface area contributed by atoms with Crippen molar-refractivity contribution in [2.24, 2.45) is 0 Å². The molecule has 1 aromatic carbocycles. The van der Waals surface area contributed by atoms with Gasteiger partial charge in [-0.3, -0.25) is 14.9 Å². The number of non-ortho nitro benzene ring substituents is 1. The maximum absolute atomic E-state index is 11.8. The third-order valence-corrected chi connectivity index (χ3v) is 2.33. The molecule has 1 amide bonds. The Morgan fingerprint density at radius 2 is 1.95 bits per heavy atom. The number of rotatable bonds is 5. The van der Waals surface area contributed by atoms with Crippen LogP contribution in [-0.2, 0) is 9.53 Å². The van der Waals surface area contributed by atoms with Crippen LogP contribution < -0.4 is 5.32 Å². The van der Waals surface area contributed by atoms with E-state index in [0.717, 1.165) is 0 Å². The molecule has 0 fully saturated rings. The van der Waals surface area contributed by atoms with Gasteiger partial charge in [-0.2, -0.15) is 0 Å². The zero-order valence-corrected chi connectivity index (χ0v) is 10.6. The maximum Gasteiger partial charge on any atom is 0.328 e. The van der Waals surface area contributed by atoms with E-state index < -0.39 is 22.8 Å². The minimum atomic E-state index is -0.775. The smallest absolute Gasteiger partial charge is 0.328 e. The number of nitrogens with zero attached hydrogens (tertiary/aromatic N) is 1. The molecule has 0 aliphatic rings. The normalized spacial score (nSPS) is 11.5. The van der Waals surface area contributed by atoms with Crippen molar-refractivity contribution in [1.82, 2.24) is 5.32 Å². The summed E-state index contributed by atoms with van der Waals surface area (Å²) in [5, 5.41) is 12.9. The van der Waals surface area contributed by atoms with E-state index in [1.54, 1.807) is 6.92 Å². The molecule has 19 heavy (non-hydrogen) atoms. The lowest BCUT2D eigenvalue weighted by atomic mass is 10.2. The molecular weight excluding hydrogens is 252 g/mol. The highest BCUT2D eigenvalue weighted by Gasteiger charge is 2.17. The van der Waals surface area contributed by atoms with Crippen LogP contribution in [-0.4, -0.2) is 29.4 Å². The molecule has 1 rings (SSSR count). The fourth-order valence-electron chi connectivity index (χ4n) is 1.34. The van der Waals surface area contributed by atoms with Crippen molar-refractivity contribution in [3.63, 3.8) is 0 Å². The fourth-order valence-corrected chi connectivity index (χ4v) is 1.34. The monoisotopic (exact) mass is 266 g/mol. The first-order valence-corrected chi connectivity index (χ1v) is 5.67. The van der Waals surface area contributed by atoms with Gasteiger partial charge in [0, 0.05) is 17.7 Å². The average Bonchev–Trinajstić information content (AvgIpc) is 2.38. The van der Waals surface area contributed by atoms with Gasteiger partial charge >= 0.3 is 5.97 Å². The van der Waals surface area contributed by atoms with Gasteiger partial charge in [0.25, 0.3) is 11.6 Å². The number of carbonyl (C=O) groups excluding carboxylic acids is 2. The number of nitro groups is 1. The van der Waals surface area contributed by atoms with Crippen LogP contribution in [0.15, 0.2) is 24.3 Å². The Morgan fingerprint density at radius 3 is 2.42 bits per heavy atom. The van der Waals surface area contributed by atoms with Gasteiger partial charge in [0.15, 0.2) is 0 Å². The van der Waals surface area contributed by atoms with Gasteiger partial charge in [-0.25, -0.2) is 4.79 Å². The van der Waals surface area contributed by atoms with E-state index in [9.17, 15) is 19.7 Å². The van der Waals surface area contributed by atoms with E-state index in [1.807, 2.05) is 0 Å². The fraction of sp³-hybridized carbons (Fsp3) is 0.333. The van der Waals surface area contributed by atoms with E-state index in [4.69, 9.17) is 4.74 Å². The molecule has 102 valence electrons. The van der Waals surface area contributed by atoms with Crippen molar-refractivity contribution < 1.29 is 19.2 Å². The second kappa shape index (κ2) is 6.48. The lowest BCUT2D eigenvalue weighted by Crippen LogP contribution is -2.39. The second-order valence-corrected chi connectivity index (χ2v) is 3.75. The number of hydrogen-bond donors (Lipinski definition) is 1. The van der Waals surface area contributed by atoms with Crippen LogP contribution in [0.2, 0.25) is 0 Å². The summed E-state index contributed by atoms with van der Waals surface area (Å²) in [4.78, 5) is 33.0. The van der Waals surface area contributed by atoms with E-state index in [-0.39, 0.29) is 17.9 Å². The maximum atomic E-state index is 11.8. The van der Waals surface area contributed by atoms with Crippen LogP contribution >= 0.6 is 0 Å². The number of ether oxygens (including phenoxy) is 1. The first-order chi connectivity index (χ1) is 8.95. The summed E-state index contributed by atoms with van der Waals surface area (Å²) in [6.07, 6.45) is 0. The summed E-state index contributed by atoms with van der Waals surface area (Å²) in [6.45, 7) is 3.40. The summed E-state index contributed by atoms with van der Waals surface area (Å²) in [5.74, 6) is -1.02. The third-order valence-electron chi connectivity index (χ3n) is 2.33. The summed E-state index contributed by atoms with van der Waals surface area (Å²) >= 11 is 0. The van der Waals surface area contributed by atoms with Crippen molar-refractivity contribution in [2.45, 2.75) is 19.9 Å². The largest absolute Gasteiger partial charge is 0.464 e. The van der Waals surface area contributed by atoms with Gasteiger partial charge in [0.1, 0.15) is 6.04 Å². The van der Waals surface area contributed by atoms with Gasteiger partial charge in [-0.15, -0.1) is 0 Å². The molecule has 0 saturated carbocycles. The second-order valence-electron chi connectivity index (χ2n) is 3.75. The van der Waals surface area contributed by atoms with E-state index in [0.29, 0.717) is 0 Å². The molecule has 0 spiro atoms. The summed E-state index contributed by atoms with van der Waals surface area (Å²) in [5.41, 5.74) is 0.136. The molecule has 0 saturated heterocycles. The molecule has 1 atom stereocenters. The molecular formula is C12H14N2O5. The standard InChI is InChI=1S/C12H14N2O5/c1-3-19-12(16)8(2)13-11(15)9-4-6-10(7-5-9)14(17)18/h4-8H,3H2,1-2H3,(H,13,15)/t8-/m0/s1. The Kier molecular flexibility index (Phi) is 4.99. The number of carbonyl (C=O) groups is 2. The van der Waals surface area contributed by atoms with Crippen molar-refractivity contribution in [1.29, 1.82) is 0 Å². The van der Waals surface area contributed by atoms with Crippen LogP contribution in [0.3, 0.4) is 0 Å². The Bertz CT molecular complexity index is 483. The minimum Gasteiger partial charge on any atom is -0.464 e. The Balaban J connectivity index is 2.68. The van der Waals surface area contributed by atoms with E-state index >= 15 is 0 Å². The molecule has 7 heteroatoms. The molecule has 0 radical (unpaired) electrons. The number of hydrogen-bond acceptors (Lipinski definition) is 5. The van der Waals surface area contributed by atoms with Crippen LogP contribution in [0.1, 0.15) is 24.2 Å². The van der Waals surface area contributed by atoms with E-state index in [2.05, 4.69) is 5.32 Å². The van der Waals surface area contributed by atoms with Crippen LogP contribution in [0, 0.1) is 10.1 Å². The van der Waals surface area contributed by atoms with Gasteiger partial charge in [0.2, 0.25) is 0 Å². The van der Waals surface area contributed by atoms with Gasteiger partial charge < -0.3 is 10.1 Å². The molecule has 0 aliphatic heterocycles. The molecule has 1 aromatic rings. The van der Waals surface area contributed by atoms with Crippen molar-refractivity contribution in [3.8, 4) is 0 Å². The molecule has 1 N–H and O–H groups in total. The number of nitrogens with one attached hydrogen (secondary N) is 1. The SMILES string of the molecule is CCOC(=O)[C@H](C)NC(=O)c1ccc([N+](=O)[O-])cc1. The predicted octanol–water partition coefficient (Wildman–Crippen LogP) is 1.28. The third kappa shape index (κ3) is 4.06. The average molecular weight is 266 g/mol. The lowest BCUT2D eigenvalue weighted by Gasteiger charge is -2.12. The molecule has 7 nitrogen and oxygen atoms in total. The zero-order chi connectivity index (χ0) is 14.4. The number of nitro benzene ring substituents is 1. The minimum absolute atomic E-state index is 0.102.